The third-order valence-electron chi connectivity index (χ3n) is 3.97. The van der Waals surface area contributed by atoms with E-state index in [1.807, 2.05) is 0 Å². The number of benzene rings is 2. The number of aliphatic hydroxyl groups excluding tert-OH is 1. The summed E-state index contributed by atoms with van der Waals surface area (Å²) < 4.78 is 44.1. The van der Waals surface area contributed by atoms with Gasteiger partial charge in [0.2, 0.25) is 0 Å². The van der Waals surface area contributed by atoms with Crippen molar-refractivity contribution in [1.29, 1.82) is 0 Å². The first-order valence-corrected chi connectivity index (χ1v) is 7.92. The van der Waals surface area contributed by atoms with Gasteiger partial charge in [-0.2, -0.15) is 13.2 Å². The molecular formula is C19H14F3NO4. The lowest BCUT2D eigenvalue weighted by Crippen LogP contribution is -2.32. The number of nitrogens with one attached hydrogen (secondary N) is 1. The number of rotatable bonds is 4. The molecule has 0 saturated heterocycles. The van der Waals surface area contributed by atoms with Crippen LogP contribution in [0.2, 0.25) is 0 Å². The molecule has 0 saturated carbocycles. The Morgan fingerprint density at radius 2 is 1.78 bits per heavy atom. The van der Waals surface area contributed by atoms with Crippen LogP contribution < -0.4 is 10.9 Å². The van der Waals surface area contributed by atoms with E-state index in [0.717, 1.165) is 12.1 Å². The van der Waals surface area contributed by atoms with Crippen molar-refractivity contribution in [1.82, 2.24) is 5.32 Å². The van der Waals surface area contributed by atoms with E-state index in [1.165, 1.54) is 18.2 Å². The number of carbonyl (C=O) groups excluding carboxylic acids is 1. The predicted octanol–water partition coefficient (Wildman–Crippen LogP) is 3.28. The van der Waals surface area contributed by atoms with E-state index in [2.05, 4.69) is 5.32 Å². The summed E-state index contributed by atoms with van der Waals surface area (Å²) in [6.07, 6.45) is -6.24. The van der Waals surface area contributed by atoms with Crippen LogP contribution in [-0.2, 0) is 6.18 Å². The summed E-state index contributed by atoms with van der Waals surface area (Å²) in [5.41, 5.74) is -2.23. The molecule has 0 radical (unpaired) electrons. The number of aliphatic hydroxyl groups is 1. The molecule has 0 fully saturated rings. The van der Waals surface area contributed by atoms with Gasteiger partial charge in [-0.25, -0.2) is 4.79 Å². The molecule has 0 bridgehead atoms. The summed E-state index contributed by atoms with van der Waals surface area (Å²) in [5.74, 6) is -0.849. The fourth-order valence-electron chi connectivity index (χ4n) is 2.66. The molecule has 0 spiro atoms. The van der Waals surface area contributed by atoms with Crippen molar-refractivity contribution < 1.29 is 27.5 Å². The van der Waals surface area contributed by atoms with Crippen molar-refractivity contribution in [3.63, 3.8) is 0 Å². The van der Waals surface area contributed by atoms with Crippen LogP contribution in [-0.4, -0.2) is 17.6 Å². The highest BCUT2D eigenvalue weighted by Crippen LogP contribution is 2.34. The Kier molecular flexibility index (Phi) is 5.00. The molecule has 2 aromatic carbocycles. The van der Waals surface area contributed by atoms with Gasteiger partial charge >= 0.3 is 11.8 Å². The van der Waals surface area contributed by atoms with Gasteiger partial charge < -0.3 is 14.8 Å². The van der Waals surface area contributed by atoms with Crippen molar-refractivity contribution in [2.24, 2.45) is 0 Å². The number of hydrogen-bond acceptors (Lipinski definition) is 4. The number of carbonyl (C=O) groups is 1. The van der Waals surface area contributed by atoms with Gasteiger partial charge in [-0.05, 0) is 23.8 Å². The van der Waals surface area contributed by atoms with Gasteiger partial charge in [0.1, 0.15) is 11.1 Å². The summed E-state index contributed by atoms with van der Waals surface area (Å²) in [7, 11) is 0. The average molecular weight is 377 g/mol. The van der Waals surface area contributed by atoms with E-state index >= 15 is 0 Å². The highest BCUT2D eigenvalue weighted by molar-refractivity contribution is 5.96. The van der Waals surface area contributed by atoms with Crippen molar-refractivity contribution in [3.8, 4) is 0 Å². The van der Waals surface area contributed by atoms with Gasteiger partial charge in [0.25, 0.3) is 5.91 Å². The molecule has 3 aromatic rings. The molecule has 0 unspecified atom stereocenters. The third-order valence-corrected chi connectivity index (χ3v) is 3.97. The van der Waals surface area contributed by atoms with Gasteiger partial charge in [-0.15, -0.1) is 0 Å². The molecule has 0 aliphatic heterocycles. The molecule has 1 atom stereocenters. The van der Waals surface area contributed by atoms with E-state index in [9.17, 15) is 27.9 Å². The smallest absolute Gasteiger partial charge is 0.416 e. The SMILES string of the molecule is O=C(NC[C@@H](O)c1ccccc1C(F)(F)F)c1cc2ccccc2oc1=O. The van der Waals surface area contributed by atoms with E-state index in [0.29, 0.717) is 11.0 Å². The molecule has 0 aliphatic carbocycles. The van der Waals surface area contributed by atoms with Crippen LogP contribution in [0.1, 0.15) is 27.6 Å². The summed E-state index contributed by atoms with van der Waals surface area (Å²) >= 11 is 0. The monoisotopic (exact) mass is 377 g/mol. The quantitative estimate of drug-likeness (QED) is 0.684. The lowest BCUT2D eigenvalue weighted by atomic mass is 10.0. The molecule has 5 nitrogen and oxygen atoms in total. The van der Waals surface area contributed by atoms with Crippen LogP contribution >= 0.6 is 0 Å². The number of alkyl halides is 3. The number of hydrogen-bond donors (Lipinski definition) is 2. The van der Waals surface area contributed by atoms with E-state index in [1.54, 1.807) is 24.3 Å². The Hall–Kier alpha value is -3.13. The predicted molar refractivity (Wildman–Crippen MR) is 91.2 cm³/mol. The van der Waals surface area contributed by atoms with Crippen molar-refractivity contribution in [2.45, 2.75) is 12.3 Å². The van der Waals surface area contributed by atoms with Crippen LogP contribution in [0.3, 0.4) is 0 Å². The van der Waals surface area contributed by atoms with Gasteiger partial charge in [0.05, 0.1) is 11.7 Å². The van der Waals surface area contributed by atoms with Crippen LogP contribution in [0.15, 0.2) is 63.8 Å². The van der Waals surface area contributed by atoms with Gasteiger partial charge in [-0.1, -0.05) is 36.4 Å². The summed E-state index contributed by atoms with van der Waals surface area (Å²) in [5, 5.41) is 12.9. The maximum absolute atomic E-state index is 13.0. The Morgan fingerprint density at radius 3 is 2.52 bits per heavy atom. The van der Waals surface area contributed by atoms with Crippen molar-refractivity contribution in [3.05, 3.63) is 81.7 Å². The number of halogens is 3. The lowest BCUT2D eigenvalue weighted by molar-refractivity contribution is -0.139. The fourth-order valence-corrected chi connectivity index (χ4v) is 2.66. The van der Waals surface area contributed by atoms with Crippen LogP contribution in [0.5, 0.6) is 0 Å². The van der Waals surface area contributed by atoms with Crippen LogP contribution in [0.25, 0.3) is 11.0 Å². The second-order valence-electron chi connectivity index (χ2n) is 5.80. The number of amides is 1. The zero-order valence-corrected chi connectivity index (χ0v) is 13.8. The molecule has 1 heterocycles. The molecule has 2 N–H and O–H groups in total. The van der Waals surface area contributed by atoms with E-state index < -0.39 is 35.9 Å². The first-order valence-electron chi connectivity index (χ1n) is 7.92. The minimum Gasteiger partial charge on any atom is -0.422 e. The van der Waals surface area contributed by atoms with Gasteiger partial charge in [-0.3, -0.25) is 4.79 Å². The fraction of sp³-hybridized carbons (Fsp3) is 0.158. The summed E-state index contributed by atoms with van der Waals surface area (Å²) in [6, 6.07) is 12.4. The number of para-hydroxylation sites is 1. The minimum atomic E-state index is -4.64. The van der Waals surface area contributed by atoms with E-state index in [4.69, 9.17) is 4.42 Å². The number of fused-ring (bicyclic) bond motifs is 1. The van der Waals surface area contributed by atoms with Gasteiger partial charge in [0, 0.05) is 11.9 Å². The normalized spacial score (nSPS) is 12.7. The molecular weight excluding hydrogens is 363 g/mol. The zero-order chi connectivity index (χ0) is 19.6. The summed E-state index contributed by atoms with van der Waals surface area (Å²) in [6.45, 7) is -0.502. The lowest BCUT2D eigenvalue weighted by Gasteiger charge is -2.17. The molecule has 140 valence electrons. The van der Waals surface area contributed by atoms with Crippen LogP contribution in [0.4, 0.5) is 13.2 Å². The second-order valence-corrected chi connectivity index (χ2v) is 5.80. The Morgan fingerprint density at radius 1 is 1.11 bits per heavy atom. The Balaban J connectivity index is 1.79. The highest BCUT2D eigenvalue weighted by Gasteiger charge is 2.34. The van der Waals surface area contributed by atoms with Gasteiger partial charge in [0.15, 0.2) is 0 Å². The average Bonchev–Trinajstić information content (AvgIpc) is 2.64. The largest absolute Gasteiger partial charge is 0.422 e. The third kappa shape index (κ3) is 4.01. The van der Waals surface area contributed by atoms with E-state index in [-0.39, 0.29) is 11.1 Å². The first-order chi connectivity index (χ1) is 12.8. The molecule has 0 aliphatic rings. The highest BCUT2D eigenvalue weighted by atomic mass is 19.4. The Bertz CT molecular complexity index is 1040. The zero-order valence-electron chi connectivity index (χ0n) is 13.8. The van der Waals surface area contributed by atoms with Crippen molar-refractivity contribution >= 4 is 16.9 Å². The van der Waals surface area contributed by atoms with Crippen LogP contribution in [0, 0.1) is 0 Å². The second kappa shape index (κ2) is 7.24. The molecule has 1 aromatic heterocycles. The molecule has 27 heavy (non-hydrogen) atoms. The first kappa shape index (κ1) is 18.7. The maximum atomic E-state index is 13.0. The topological polar surface area (TPSA) is 79.5 Å². The molecule has 1 amide bonds. The minimum absolute atomic E-state index is 0.301. The summed E-state index contributed by atoms with van der Waals surface area (Å²) in [4.78, 5) is 24.2. The Labute approximate surface area is 151 Å². The maximum Gasteiger partial charge on any atom is 0.416 e. The standard InChI is InChI=1S/C19H14F3NO4/c20-19(21,22)14-7-3-2-6-12(14)15(24)10-23-17(25)13-9-11-5-1-4-8-16(11)27-18(13)26/h1-9,15,24H,10H2,(H,23,25)/t15-/m1/s1. The van der Waals surface area contributed by atoms with Crippen molar-refractivity contribution in [2.75, 3.05) is 6.54 Å². The molecule has 8 heteroatoms. The molecule has 3 rings (SSSR count).